The van der Waals surface area contributed by atoms with Crippen molar-refractivity contribution in [3.63, 3.8) is 0 Å². The van der Waals surface area contributed by atoms with Crippen molar-refractivity contribution < 1.29 is 6.11 Å². The smallest absolute Gasteiger partial charge is 0.124 e. The molecule has 0 aliphatic rings. The summed E-state index contributed by atoms with van der Waals surface area (Å²) in [5.41, 5.74) is 0. The van der Waals surface area contributed by atoms with E-state index in [0.29, 0.717) is 0 Å². The summed E-state index contributed by atoms with van der Waals surface area (Å²) in [5, 5.41) is 0. The van der Waals surface area contributed by atoms with E-state index in [1.54, 1.807) is 0 Å². The van der Waals surface area contributed by atoms with Crippen LogP contribution in [-0.4, -0.2) is 7.11 Å². The van der Waals surface area contributed by atoms with Crippen LogP contribution in [0.4, 0.5) is 0 Å². The lowest BCUT2D eigenvalue weighted by Crippen LogP contribution is -1.59. The molecule has 0 aromatic carbocycles. The van der Waals surface area contributed by atoms with Crippen molar-refractivity contribution in [1.29, 1.82) is 0 Å². The highest BCUT2D eigenvalue weighted by molar-refractivity contribution is 5.05. The van der Waals surface area contributed by atoms with Crippen LogP contribution in [0.25, 0.3) is 0 Å². The van der Waals surface area contributed by atoms with Crippen LogP contribution in [0.15, 0.2) is 12.3 Å². The Hall–Kier alpha value is -0.900. The molecular weight excluding hydrogens is 76.1 g/mol. The van der Waals surface area contributed by atoms with Crippen molar-refractivity contribution in [3.8, 4) is 12.3 Å². The molecule has 0 amide bonds. The summed E-state index contributed by atoms with van der Waals surface area (Å²) in [6.45, 7) is 0. The maximum Gasteiger partial charge on any atom is 0.124 e. The number of terminal acetylenes is 1. The second kappa shape index (κ2) is 4.10. The van der Waals surface area contributed by atoms with E-state index in [2.05, 4.69) is 10.7 Å². The van der Waals surface area contributed by atoms with E-state index < -0.39 is 0 Å². The van der Waals surface area contributed by atoms with Crippen molar-refractivity contribution in [1.82, 2.24) is 0 Å². The molecule has 0 aromatic rings. The standard InChI is InChI=1S/C5H6O/c1-3-4-5-6-2/h1,4-5H,2H3/b5-4-/i1D. The third-order valence-electron chi connectivity index (χ3n) is 0.287. The van der Waals surface area contributed by atoms with Gasteiger partial charge in [0, 0.05) is 6.08 Å². The normalized spacial score (nSPS) is 9.17. The van der Waals surface area contributed by atoms with Crippen molar-refractivity contribution in [2.45, 2.75) is 0 Å². The van der Waals surface area contributed by atoms with Gasteiger partial charge in [0.05, 0.1) is 13.4 Å². The molecule has 0 atom stereocenters. The number of methoxy groups -OCH3 is 1. The molecule has 0 N–H and O–H groups in total. The fourth-order valence-electron chi connectivity index (χ4n) is 0.102. The van der Waals surface area contributed by atoms with Gasteiger partial charge in [0.2, 0.25) is 0 Å². The zero-order valence-corrected chi connectivity index (χ0v) is 3.56. The summed E-state index contributed by atoms with van der Waals surface area (Å²) in [4.78, 5) is 0. The zero-order valence-electron chi connectivity index (χ0n) is 4.56. The Kier molecular flexibility index (Phi) is 2.25. The monoisotopic (exact) mass is 83.0 g/mol. The average Bonchev–Trinajstić information content (AvgIpc) is 1.69. The Morgan fingerprint density at radius 3 is 3.50 bits per heavy atom. The predicted molar refractivity (Wildman–Crippen MR) is 25.0 cm³/mol. The second-order valence-corrected chi connectivity index (χ2v) is 0.683. The van der Waals surface area contributed by atoms with E-state index in [9.17, 15) is 0 Å². The van der Waals surface area contributed by atoms with Crippen molar-refractivity contribution in [3.05, 3.63) is 12.3 Å². The molecule has 0 saturated carbocycles. The number of hydrogen-bond donors (Lipinski definition) is 0. The molecule has 0 saturated heterocycles. The van der Waals surface area contributed by atoms with Gasteiger partial charge in [-0.25, -0.2) is 0 Å². The van der Waals surface area contributed by atoms with Gasteiger partial charge in [0.25, 0.3) is 0 Å². The van der Waals surface area contributed by atoms with Crippen molar-refractivity contribution in [2.75, 3.05) is 7.11 Å². The third-order valence-corrected chi connectivity index (χ3v) is 0.287. The third kappa shape index (κ3) is 3.10. The first-order chi connectivity index (χ1) is 3.41. The molecule has 1 heteroatoms. The van der Waals surface area contributed by atoms with Gasteiger partial charge < -0.3 is 4.74 Å². The summed E-state index contributed by atoms with van der Waals surface area (Å²) in [6, 6.07) is 0. The van der Waals surface area contributed by atoms with Crippen LogP contribution in [0.3, 0.4) is 0 Å². The summed E-state index contributed by atoms with van der Waals surface area (Å²) < 4.78 is 10.8. The molecule has 0 spiro atoms. The Labute approximate surface area is 39.0 Å². The molecule has 0 aliphatic carbocycles. The molecule has 32 valence electrons. The number of hydrogen-bond acceptors (Lipinski definition) is 1. The van der Waals surface area contributed by atoms with Gasteiger partial charge >= 0.3 is 0 Å². The number of ether oxygens (including phenoxy) is 1. The summed E-state index contributed by atoms with van der Waals surface area (Å²) in [6.07, 6.45) is 4.82. The fraction of sp³-hybridized carbons (Fsp3) is 0.200. The maximum atomic E-state index is 6.31. The highest BCUT2D eigenvalue weighted by atomic mass is 16.5. The molecule has 6 heavy (non-hydrogen) atoms. The topological polar surface area (TPSA) is 9.23 Å². The van der Waals surface area contributed by atoms with E-state index in [-0.39, 0.29) is 0 Å². The number of allylic oxidation sites excluding steroid dienone is 1. The van der Waals surface area contributed by atoms with E-state index in [1.165, 1.54) is 19.4 Å². The van der Waals surface area contributed by atoms with Gasteiger partial charge in [0.1, 0.15) is 1.37 Å². The van der Waals surface area contributed by atoms with Crippen LogP contribution < -0.4 is 0 Å². The maximum absolute atomic E-state index is 6.31. The molecule has 0 aromatic heterocycles. The van der Waals surface area contributed by atoms with Gasteiger partial charge in [-0.2, -0.15) is 0 Å². The van der Waals surface area contributed by atoms with E-state index in [4.69, 9.17) is 1.37 Å². The molecule has 0 unspecified atom stereocenters. The van der Waals surface area contributed by atoms with Gasteiger partial charge in [-0.05, 0) is 0 Å². The van der Waals surface area contributed by atoms with E-state index in [0.717, 1.165) is 0 Å². The van der Waals surface area contributed by atoms with Gasteiger partial charge in [-0.1, -0.05) is 5.92 Å². The predicted octanol–water partition coefficient (Wildman–Crippen LogP) is 0.780. The Balaban J connectivity index is 3.21. The second-order valence-electron chi connectivity index (χ2n) is 0.683. The lowest BCUT2D eigenvalue weighted by molar-refractivity contribution is 0.338. The quantitative estimate of drug-likeness (QED) is 0.336. The Morgan fingerprint density at radius 2 is 3.00 bits per heavy atom. The molecule has 0 aliphatic heterocycles. The largest absolute Gasteiger partial charge is 0.504 e. The van der Waals surface area contributed by atoms with Crippen molar-refractivity contribution in [2.24, 2.45) is 0 Å². The summed E-state index contributed by atoms with van der Waals surface area (Å²) in [7, 11) is 1.53. The molecule has 0 bridgehead atoms. The van der Waals surface area contributed by atoms with Crippen LogP contribution in [-0.2, 0) is 4.74 Å². The van der Waals surface area contributed by atoms with Gasteiger partial charge in [0.15, 0.2) is 0 Å². The average molecular weight is 83.1 g/mol. The molecular formula is C5H6O. The fourth-order valence-corrected chi connectivity index (χ4v) is 0.102. The summed E-state index contributed by atoms with van der Waals surface area (Å²) in [5.74, 6) is 2.36. The first-order valence-electron chi connectivity index (χ1n) is 2.02. The van der Waals surface area contributed by atoms with Crippen LogP contribution >= 0.6 is 0 Å². The van der Waals surface area contributed by atoms with E-state index >= 15 is 0 Å². The lowest BCUT2D eigenvalue weighted by atomic mass is 10.7. The highest BCUT2D eigenvalue weighted by Crippen LogP contribution is 1.64. The zero-order chi connectivity index (χ0) is 5.54. The van der Waals surface area contributed by atoms with Crippen LogP contribution in [0, 0.1) is 12.3 Å². The molecule has 0 heterocycles. The first kappa shape index (κ1) is 3.30. The van der Waals surface area contributed by atoms with Crippen LogP contribution in [0.5, 0.6) is 0 Å². The minimum absolute atomic E-state index is 1.42. The molecule has 0 rings (SSSR count). The minimum Gasteiger partial charge on any atom is -0.504 e. The first-order valence-corrected chi connectivity index (χ1v) is 1.52. The minimum atomic E-state index is 1.42. The van der Waals surface area contributed by atoms with Crippen LogP contribution in [0.2, 0.25) is 0 Å². The Bertz CT molecular complexity index is 107. The molecule has 1 nitrogen and oxygen atoms in total. The SMILES string of the molecule is [2H]C#C/C=C\OC. The molecule has 0 radical (unpaired) electrons. The summed E-state index contributed by atoms with van der Waals surface area (Å²) >= 11 is 0. The molecule has 0 fully saturated rings. The number of rotatable bonds is 1. The van der Waals surface area contributed by atoms with Crippen molar-refractivity contribution >= 4 is 0 Å². The Morgan fingerprint density at radius 1 is 2.17 bits per heavy atom. The van der Waals surface area contributed by atoms with Gasteiger partial charge in [-0.15, -0.1) is 6.40 Å². The van der Waals surface area contributed by atoms with E-state index in [1.807, 2.05) is 6.40 Å². The van der Waals surface area contributed by atoms with Gasteiger partial charge in [-0.3, -0.25) is 0 Å². The highest BCUT2D eigenvalue weighted by Gasteiger charge is 1.51. The van der Waals surface area contributed by atoms with Crippen LogP contribution in [0.1, 0.15) is 1.37 Å². The lowest BCUT2D eigenvalue weighted by Gasteiger charge is -1.76.